The van der Waals surface area contributed by atoms with Crippen molar-refractivity contribution < 1.29 is 19.0 Å². The van der Waals surface area contributed by atoms with Crippen molar-refractivity contribution in [3.63, 3.8) is 0 Å². The minimum Gasteiger partial charge on any atom is -0.394 e. The average Bonchev–Trinajstić information content (AvgIpc) is 2.15. The first-order valence-corrected chi connectivity index (χ1v) is 2.48. The Morgan fingerprint density at radius 1 is 1.56 bits per heavy atom. The van der Waals surface area contributed by atoms with Gasteiger partial charge in [0.05, 0.1) is 13.2 Å². The van der Waals surface area contributed by atoms with Crippen molar-refractivity contribution in [2.45, 2.75) is 6.48 Å². The molecule has 0 aromatic rings. The molecule has 1 aliphatic rings. The maximum Gasteiger partial charge on any atom is 0.408 e. The monoisotopic (exact) mass is 133 g/mol. The molecule has 2 N–H and O–H groups in total. The predicted octanol–water partition coefficient (Wildman–Crippen LogP) is -0.588. The summed E-state index contributed by atoms with van der Waals surface area (Å²) in [5, 5.41) is 0. The molecule has 0 bridgehead atoms. The molecule has 0 aromatic carbocycles. The van der Waals surface area contributed by atoms with Gasteiger partial charge in [-0.2, -0.15) is 0 Å². The van der Waals surface area contributed by atoms with Gasteiger partial charge in [-0.3, -0.25) is 0 Å². The molecule has 1 rings (SSSR count). The Balaban J connectivity index is 2.19. The molecule has 1 aliphatic heterocycles. The first-order chi connectivity index (χ1) is 4.29. The molecule has 1 heterocycles. The number of ether oxygens (including phenoxy) is 3. The van der Waals surface area contributed by atoms with Crippen LogP contribution < -0.4 is 5.73 Å². The second-order valence-electron chi connectivity index (χ2n) is 1.47. The zero-order valence-corrected chi connectivity index (χ0v) is 4.70. The summed E-state index contributed by atoms with van der Waals surface area (Å²) in [6, 6.07) is 0. The van der Waals surface area contributed by atoms with E-state index in [0.29, 0.717) is 13.2 Å². The molecule has 0 radical (unpaired) electrons. The van der Waals surface area contributed by atoms with Crippen LogP contribution in [-0.2, 0) is 14.2 Å². The van der Waals surface area contributed by atoms with Gasteiger partial charge in [-0.25, -0.2) is 4.79 Å². The lowest BCUT2D eigenvalue weighted by atomic mass is 10.8. The number of rotatable bonds is 1. The van der Waals surface area contributed by atoms with E-state index in [0.717, 1.165) is 0 Å². The summed E-state index contributed by atoms with van der Waals surface area (Å²) in [6.07, 6.45) is -0.887. The van der Waals surface area contributed by atoms with E-state index in [-0.39, 0.29) is 0 Å². The summed E-state index contributed by atoms with van der Waals surface area (Å²) in [6.45, 7) is -0.00176. The maximum absolute atomic E-state index is 10.00. The highest BCUT2D eigenvalue weighted by Crippen LogP contribution is 2.03. The molecule has 5 nitrogen and oxygen atoms in total. The molecule has 1 amide bonds. The summed E-state index contributed by atoms with van der Waals surface area (Å²) < 4.78 is 13.7. The van der Waals surface area contributed by atoms with Crippen molar-refractivity contribution in [2.75, 3.05) is 13.2 Å². The lowest BCUT2D eigenvalue weighted by Gasteiger charge is -2.05. The molecule has 0 saturated carbocycles. The van der Waals surface area contributed by atoms with Gasteiger partial charge in [0.25, 0.3) is 0 Å². The van der Waals surface area contributed by atoms with Gasteiger partial charge in [-0.1, -0.05) is 0 Å². The molecule has 9 heavy (non-hydrogen) atoms. The Kier molecular flexibility index (Phi) is 1.86. The van der Waals surface area contributed by atoms with Crippen LogP contribution in [0.3, 0.4) is 0 Å². The van der Waals surface area contributed by atoms with Crippen molar-refractivity contribution in [3.05, 3.63) is 0 Å². The Morgan fingerprint density at radius 3 is 2.56 bits per heavy atom. The Hall–Kier alpha value is -0.810. The van der Waals surface area contributed by atoms with E-state index in [2.05, 4.69) is 10.5 Å². The van der Waals surface area contributed by atoms with Crippen LogP contribution in [0.2, 0.25) is 0 Å². The van der Waals surface area contributed by atoms with Gasteiger partial charge in [-0.15, -0.1) is 0 Å². The Bertz CT molecular complexity index is 109. The third-order valence-corrected chi connectivity index (χ3v) is 0.804. The summed E-state index contributed by atoms with van der Waals surface area (Å²) >= 11 is 0. The van der Waals surface area contributed by atoms with Crippen LogP contribution in [0, 0.1) is 0 Å². The van der Waals surface area contributed by atoms with E-state index in [1.165, 1.54) is 0 Å². The van der Waals surface area contributed by atoms with Gasteiger partial charge in [0.15, 0.2) is 0 Å². The van der Waals surface area contributed by atoms with Crippen molar-refractivity contribution >= 4 is 6.09 Å². The van der Waals surface area contributed by atoms with Crippen LogP contribution in [0.1, 0.15) is 0 Å². The smallest absolute Gasteiger partial charge is 0.394 e. The van der Waals surface area contributed by atoms with Gasteiger partial charge in [0.1, 0.15) is 0 Å². The van der Waals surface area contributed by atoms with Crippen LogP contribution in [0.15, 0.2) is 0 Å². The highest BCUT2D eigenvalue weighted by molar-refractivity contribution is 5.64. The maximum atomic E-state index is 10.00. The fraction of sp³-hybridized carbons (Fsp3) is 0.750. The molecule has 1 saturated heterocycles. The van der Waals surface area contributed by atoms with Crippen molar-refractivity contribution in [1.82, 2.24) is 0 Å². The summed E-state index contributed by atoms with van der Waals surface area (Å²) in [5.41, 5.74) is 4.65. The summed E-state index contributed by atoms with van der Waals surface area (Å²) in [7, 11) is 0. The molecular formula is C4H7NO4. The van der Waals surface area contributed by atoms with Crippen LogP contribution in [0.4, 0.5) is 4.79 Å². The number of carbonyl (C=O) groups is 1. The second kappa shape index (κ2) is 2.65. The number of carbonyl (C=O) groups excluding carboxylic acids is 1. The third-order valence-electron chi connectivity index (χ3n) is 0.804. The molecule has 0 atom stereocenters. The third kappa shape index (κ3) is 1.87. The number of nitrogens with two attached hydrogens (primary N) is 1. The summed E-state index contributed by atoms with van der Waals surface area (Å²) in [4.78, 5) is 10.00. The minimum absolute atomic E-state index is 0.442. The van der Waals surface area contributed by atoms with Crippen LogP contribution in [0.5, 0.6) is 0 Å². The fourth-order valence-electron chi connectivity index (χ4n) is 0.500. The molecular weight excluding hydrogens is 126 g/mol. The van der Waals surface area contributed by atoms with Gasteiger partial charge in [0, 0.05) is 0 Å². The zero-order valence-electron chi connectivity index (χ0n) is 4.70. The Morgan fingerprint density at radius 2 is 2.11 bits per heavy atom. The quantitative estimate of drug-likeness (QED) is 0.519. The lowest BCUT2D eigenvalue weighted by molar-refractivity contribution is -0.193. The standard InChI is InChI=1S/C4H7NO4/c5-3(6)9-4-7-1-2-8-4/h4H,1-2H2,(H2,5,6). The highest BCUT2D eigenvalue weighted by Gasteiger charge is 2.18. The average molecular weight is 133 g/mol. The number of primary amides is 1. The molecule has 0 aliphatic carbocycles. The predicted molar refractivity (Wildman–Crippen MR) is 26.4 cm³/mol. The van der Waals surface area contributed by atoms with E-state index in [1.54, 1.807) is 0 Å². The molecule has 52 valence electrons. The second-order valence-corrected chi connectivity index (χ2v) is 1.47. The van der Waals surface area contributed by atoms with Crippen LogP contribution in [-0.4, -0.2) is 25.8 Å². The molecule has 0 aromatic heterocycles. The fourth-order valence-corrected chi connectivity index (χ4v) is 0.500. The Labute approximate surface area is 51.7 Å². The van der Waals surface area contributed by atoms with Crippen LogP contribution >= 0.6 is 0 Å². The molecule has 5 heteroatoms. The zero-order chi connectivity index (χ0) is 6.69. The van der Waals surface area contributed by atoms with E-state index < -0.39 is 12.6 Å². The highest BCUT2D eigenvalue weighted by atomic mass is 16.9. The largest absolute Gasteiger partial charge is 0.408 e. The van der Waals surface area contributed by atoms with Gasteiger partial charge in [0.2, 0.25) is 0 Å². The number of hydrogen-bond acceptors (Lipinski definition) is 4. The first kappa shape index (κ1) is 6.31. The number of hydrogen-bond donors (Lipinski definition) is 1. The van der Waals surface area contributed by atoms with Crippen molar-refractivity contribution in [1.29, 1.82) is 0 Å². The lowest BCUT2D eigenvalue weighted by Crippen LogP contribution is -2.22. The summed E-state index contributed by atoms with van der Waals surface area (Å²) in [5.74, 6) is 0. The van der Waals surface area contributed by atoms with E-state index in [9.17, 15) is 4.79 Å². The molecule has 0 unspecified atom stereocenters. The molecule has 0 spiro atoms. The number of amides is 1. The van der Waals surface area contributed by atoms with E-state index in [1.807, 2.05) is 0 Å². The van der Waals surface area contributed by atoms with Gasteiger partial charge >= 0.3 is 12.6 Å². The van der Waals surface area contributed by atoms with E-state index >= 15 is 0 Å². The topological polar surface area (TPSA) is 70.8 Å². The van der Waals surface area contributed by atoms with E-state index in [4.69, 9.17) is 9.47 Å². The SMILES string of the molecule is NC(=O)OC1OCCO1. The first-order valence-electron chi connectivity index (χ1n) is 2.48. The van der Waals surface area contributed by atoms with Gasteiger partial charge < -0.3 is 19.9 Å². The van der Waals surface area contributed by atoms with Crippen LogP contribution in [0.25, 0.3) is 0 Å². The van der Waals surface area contributed by atoms with Crippen molar-refractivity contribution in [3.8, 4) is 0 Å². The minimum atomic E-state index is -0.887. The normalized spacial score (nSPS) is 20.0. The molecule has 1 fully saturated rings. The van der Waals surface area contributed by atoms with Gasteiger partial charge in [-0.05, 0) is 0 Å². The van der Waals surface area contributed by atoms with Crippen molar-refractivity contribution in [2.24, 2.45) is 5.73 Å².